The third-order valence-corrected chi connectivity index (χ3v) is 4.76. The Balaban J connectivity index is 1.60. The normalized spacial score (nSPS) is 21.0. The number of hydrogen-bond donors (Lipinski definition) is 1. The van der Waals surface area contributed by atoms with Crippen molar-refractivity contribution in [2.45, 2.75) is 45.3 Å². The molecule has 0 aliphatic carbocycles. The first-order chi connectivity index (χ1) is 12.3. The minimum Gasteiger partial charge on any atom is -0.368 e. The fourth-order valence-corrected chi connectivity index (χ4v) is 3.42. The molecule has 0 radical (unpaired) electrons. The van der Waals surface area contributed by atoms with Crippen LogP contribution in [0.5, 0.6) is 0 Å². The van der Waals surface area contributed by atoms with Crippen LogP contribution in [-0.4, -0.2) is 61.1 Å². The number of hydrogen-bond acceptors (Lipinski definition) is 4. The first kappa shape index (κ1) is 18.7. The fraction of sp³-hybridized carbons (Fsp3) is 0.600. The number of rotatable bonds is 3. The Kier molecular flexibility index (Phi) is 5.51. The van der Waals surface area contributed by atoms with Crippen LogP contribution in [0, 0.1) is 0 Å². The highest BCUT2D eigenvalue weighted by molar-refractivity contribution is 5.95. The van der Waals surface area contributed by atoms with E-state index in [2.05, 4.69) is 10.2 Å². The lowest BCUT2D eigenvalue weighted by Gasteiger charge is -2.37. The molecular formula is C20H29N3O3. The van der Waals surface area contributed by atoms with Gasteiger partial charge in [-0.15, -0.1) is 0 Å². The molecule has 2 aliphatic rings. The number of carbonyl (C=O) groups excluding carboxylic acids is 2. The van der Waals surface area contributed by atoms with Gasteiger partial charge in [0, 0.05) is 49.6 Å². The summed E-state index contributed by atoms with van der Waals surface area (Å²) < 4.78 is 5.51. The standard InChI is InChI=1S/C20H29N3O3/c1-20(2,3)21-18(24)15-6-4-7-16(14-15)22-9-11-23(12-10-22)19(25)17-8-5-13-26-17/h4,6-7,14,17H,5,8-13H2,1-3H3,(H,21,24). The summed E-state index contributed by atoms with van der Waals surface area (Å²) in [5.74, 6) is 0.0620. The zero-order valence-electron chi connectivity index (χ0n) is 16.0. The average Bonchev–Trinajstić information content (AvgIpc) is 3.14. The third-order valence-electron chi connectivity index (χ3n) is 4.76. The van der Waals surface area contributed by atoms with Gasteiger partial charge in [0.05, 0.1) is 0 Å². The molecule has 6 nitrogen and oxygen atoms in total. The lowest BCUT2D eigenvalue weighted by Crippen LogP contribution is -2.51. The van der Waals surface area contributed by atoms with Crippen molar-refractivity contribution in [2.75, 3.05) is 37.7 Å². The molecule has 2 fully saturated rings. The Hall–Kier alpha value is -2.08. The van der Waals surface area contributed by atoms with Gasteiger partial charge in [-0.05, 0) is 51.8 Å². The first-order valence-electron chi connectivity index (χ1n) is 9.41. The summed E-state index contributed by atoms with van der Waals surface area (Å²) in [6.45, 7) is 9.52. The van der Waals surface area contributed by atoms with Crippen LogP contribution >= 0.6 is 0 Å². The molecule has 1 N–H and O–H groups in total. The van der Waals surface area contributed by atoms with Gasteiger partial charge in [-0.25, -0.2) is 0 Å². The van der Waals surface area contributed by atoms with Gasteiger partial charge in [-0.2, -0.15) is 0 Å². The van der Waals surface area contributed by atoms with Gasteiger partial charge in [0.2, 0.25) is 0 Å². The number of amides is 2. The SMILES string of the molecule is CC(C)(C)NC(=O)c1cccc(N2CCN(C(=O)C3CCCO3)CC2)c1. The number of benzene rings is 1. The molecule has 2 aliphatic heterocycles. The molecule has 0 bridgehead atoms. The average molecular weight is 359 g/mol. The van der Waals surface area contributed by atoms with Crippen LogP contribution in [0.1, 0.15) is 44.0 Å². The van der Waals surface area contributed by atoms with Crippen LogP contribution in [0.15, 0.2) is 24.3 Å². The highest BCUT2D eigenvalue weighted by atomic mass is 16.5. The molecule has 6 heteroatoms. The summed E-state index contributed by atoms with van der Waals surface area (Å²) in [6, 6.07) is 7.70. The van der Waals surface area contributed by atoms with Crippen molar-refractivity contribution >= 4 is 17.5 Å². The third kappa shape index (κ3) is 4.55. The van der Waals surface area contributed by atoms with E-state index in [0.717, 1.165) is 31.6 Å². The molecule has 0 aromatic heterocycles. The number of carbonyl (C=O) groups is 2. The van der Waals surface area contributed by atoms with E-state index in [4.69, 9.17) is 4.74 Å². The second kappa shape index (κ2) is 7.66. The summed E-state index contributed by atoms with van der Waals surface area (Å²) in [7, 11) is 0. The maximum Gasteiger partial charge on any atom is 0.251 e. The summed E-state index contributed by atoms with van der Waals surface area (Å²) in [5, 5.41) is 2.99. The molecule has 26 heavy (non-hydrogen) atoms. The summed E-state index contributed by atoms with van der Waals surface area (Å²) in [4.78, 5) is 29.0. The van der Waals surface area contributed by atoms with Crippen molar-refractivity contribution in [2.24, 2.45) is 0 Å². The molecule has 142 valence electrons. The van der Waals surface area contributed by atoms with Crippen LogP contribution in [0.2, 0.25) is 0 Å². The van der Waals surface area contributed by atoms with Crippen molar-refractivity contribution in [3.63, 3.8) is 0 Å². The molecule has 2 heterocycles. The van der Waals surface area contributed by atoms with Gasteiger partial charge in [-0.3, -0.25) is 9.59 Å². The number of ether oxygens (including phenoxy) is 1. The van der Waals surface area contributed by atoms with Crippen LogP contribution in [0.3, 0.4) is 0 Å². The Morgan fingerprint density at radius 2 is 1.88 bits per heavy atom. The van der Waals surface area contributed by atoms with E-state index in [1.54, 1.807) is 0 Å². The predicted molar refractivity (Wildman–Crippen MR) is 101 cm³/mol. The van der Waals surface area contributed by atoms with Gasteiger partial charge in [0.1, 0.15) is 6.10 Å². The smallest absolute Gasteiger partial charge is 0.251 e. The van der Waals surface area contributed by atoms with Gasteiger partial charge < -0.3 is 19.9 Å². The highest BCUT2D eigenvalue weighted by Gasteiger charge is 2.30. The number of piperazine rings is 1. The zero-order chi connectivity index (χ0) is 18.7. The minimum absolute atomic E-state index is 0.0634. The van der Waals surface area contributed by atoms with Crippen molar-refractivity contribution in [3.05, 3.63) is 29.8 Å². The molecule has 1 aromatic carbocycles. The van der Waals surface area contributed by atoms with Gasteiger partial charge in [0.15, 0.2) is 0 Å². The Bertz CT molecular complexity index is 655. The number of nitrogens with zero attached hydrogens (tertiary/aromatic N) is 2. The zero-order valence-corrected chi connectivity index (χ0v) is 16.0. The highest BCUT2D eigenvalue weighted by Crippen LogP contribution is 2.21. The van der Waals surface area contributed by atoms with E-state index in [9.17, 15) is 9.59 Å². The van der Waals surface area contributed by atoms with Gasteiger partial charge in [-0.1, -0.05) is 6.07 Å². The topological polar surface area (TPSA) is 61.9 Å². The molecule has 2 amide bonds. The molecule has 1 unspecified atom stereocenters. The van der Waals surface area contributed by atoms with Crippen LogP contribution in [0.25, 0.3) is 0 Å². The lowest BCUT2D eigenvalue weighted by molar-refractivity contribution is -0.141. The van der Waals surface area contributed by atoms with Crippen molar-refractivity contribution in [3.8, 4) is 0 Å². The molecule has 1 aromatic rings. The Morgan fingerprint density at radius 1 is 1.15 bits per heavy atom. The fourth-order valence-electron chi connectivity index (χ4n) is 3.42. The second-order valence-electron chi connectivity index (χ2n) is 8.07. The second-order valence-corrected chi connectivity index (χ2v) is 8.07. The predicted octanol–water partition coefficient (Wildman–Crippen LogP) is 2.04. The van der Waals surface area contributed by atoms with Gasteiger partial charge in [0.25, 0.3) is 11.8 Å². The van der Waals surface area contributed by atoms with Crippen LogP contribution in [-0.2, 0) is 9.53 Å². The number of anilines is 1. The molecule has 0 saturated carbocycles. The maximum absolute atomic E-state index is 12.4. The van der Waals surface area contributed by atoms with Crippen molar-refractivity contribution < 1.29 is 14.3 Å². The van der Waals surface area contributed by atoms with Crippen molar-refractivity contribution in [1.82, 2.24) is 10.2 Å². The lowest BCUT2D eigenvalue weighted by atomic mass is 10.1. The largest absolute Gasteiger partial charge is 0.368 e. The Labute approximate surface area is 155 Å². The van der Waals surface area contributed by atoms with Crippen LogP contribution < -0.4 is 10.2 Å². The van der Waals surface area contributed by atoms with E-state index < -0.39 is 0 Å². The maximum atomic E-state index is 12.4. The summed E-state index contributed by atoms with van der Waals surface area (Å²) in [5.41, 5.74) is 1.42. The summed E-state index contributed by atoms with van der Waals surface area (Å²) in [6.07, 6.45) is 1.56. The van der Waals surface area contributed by atoms with Crippen molar-refractivity contribution in [1.29, 1.82) is 0 Å². The van der Waals surface area contributed by atoms with Crippen LogP contribution in [0.4, 0.5) is 5.69 Å². The minimum atomic E-state index is -0.263. The molecule has 1 atom stereocenters. The van der Waals surface area contributed by atoms with E-state index in [1.165, 1.54) is 0 Å². The van der Waals surface area contributed by atoms with E-state index >= 15 is 0 Å². The van der Waals surface area contributed by atoms with E-state index in [0.29, 0.717) is 25.3 Å². The summed E-state index contributed by atoms with van der Waals surface area (Å²) >= 11 is 0. The number of nitrogens with one attached hydrogen (secondary N) is 1. The molecule has 3 rings (SSSR count). The molecule has 0 spiro atoms. The van der Waals surface area contributed by atoms with E-state index in [-0.39, 0.29) is 23.5 Å². The van der Waals surface area contributed by atoms with Gasteiger partial charge >= 0.3 is 0 Å². The monoisotopic (exact) mass is 359 g/mol. The first-order valence-corrected chi connectivity index (χ1v) is 9.41. The molecular weight excluding hydrogens is 330 g/mol. The molecule has 2 saturated heterocycles. The Morgan fingerprint density at radius 3 is 2.50 bits per heavy atom. The van der Waals surface area contributed by atoms with E-state index in [1.807, 2.05) is 49.9 Å². The quantitative estimate of drug-likeness (QED) is 0.897.